The summed E-state index contributed by atoms with van der Waals surface area (Å²) >= 11 is 0. The maximum Gasteiger partial charge on any atom is 0.268 e. The Bertz CT molecular complexity index is 1050. The monoisotopic (exact) mass is 321 g/mol. The Morgan fingerprint density at radius 1 is 1.21 bits per heavy atom. The van der Waals surface area contributed by atoms with Crippen LogP contribution in [0.25, 0.3) is 17.7 Å². The first-order valence-corrected chi connectivity index (χ1v) is 7.65. The first-order chi connectivity index (χ1) is 11.6. The maximum atomic E-state index is 12.2. The van der Waals surface area contributed by atoms with E-state index in [1.807, 2.05) is 44.2 Å². The molecule has 0 bridgehead atoms. The smallest absolute Gasteiger partial charge is 0.268 e. The number of amides is 1. The van der Waals surface area contributed by atoms with Crippen molar-refractivity contribution in [3.8, 4) is 11.6 Å². The Kier molecular flexibility index (Phi) is 3.34. The largest absolute Gasteiger partial charge is 0.419 e. The van der Waals surface area contributed by atoms with Crippen molar-refractivity contribution in [2.45, 2.75) is 20.3 Å². The summed E-state index contributed by atoms with van der Waals surface area (Å²) in [5, 5.41) is 16.8. The molecular formula is C17H15N5O2. The van der Waals surface area contributed by atoms with Crippen LogP contribution in [-0.4, -0.2) is 26.3 Å². The number of carbonyl (C=O) groups is 1. The zero-order chi connectivity index (χ0) is 16.7. The van der Waals surface area contributed by atoms with E-state index in [2.05, 4.69) is 25.4 Å². The number of nitrogens with zero attached hydrogens (tertiary/aromatic N) is 4. The van der Waals surface area contributed by atoms with Gasteiger partial charge in [-0.1, -0.05) is 24.3 Å². The van der Waals surface area contributed by atoms with Gasteiger partial charge in [-0.2, -0.15) is 5.10 Å². The summed E-state index contributed by atoms with van der Waals surface area (Å²) in [5.74, 6) is 0.164. The van der Waals surface area contributed by atoms with Gasteiger partial charge in [0.25, 0.3) is 11.8 Å². The number of rotatable bonds is 3. The standard InChI is InChI=1S/C17H15N5O2/c1-9-10(2)19-21-15(9)17-22-20-14(24-17)8-12-7-11-5-3-4-6-13(11)18-16(12)23/h3-7,12H,8H2,1-2H3,(H,19,21). The molecule has 7 nitrogen and oxygen atoms in total. The van der Waals surface area contributed by atoms with Crippen LogP contribution in [0.3, 0.4) is 0 Å². The minimum Gasteiger partial charge on any atom is -0.419 e. The number of nitrogens with one attached hydrogen (secondary N) is 1. The highest BCUT2D eigenvalue weighted by Gasteiger charge is 2.23. The number of aromatic nitrogens is 4. The number of hydrogen-bond donors (Lipinski definition) is 1. The molecule has 2 aromatic heterocycles. The van der Waals surface area contributed by atoms with Crippen molar-refractivity contribution in [2.24, 2.45) is 10.9 Å². The lowest BCUT2D eigenvalue weighted by Gasteiger charge is -2.09. The third kappa shape index (κ3) is 2.44. The Hall–Kier alpha value is -3.09. The van der Waals surface area contributed by atoms with Gasteiger partial charge in [0.1, 0.15) is 0 Å². The number of H-pyrrole nitrogens is 1. The highest BCUT2D eigenvalue weighted by molar-refractivity contribution is 5.86. The summed E-state index contributed by atoms with van der Waals surface area (Å²) in [4.78, 5) is 16.3. The number of aromatic amines is 1. The van der Waals surface area contributed by atoms with E-state index in [1.165, 1.54) is 0 Å². The van der Waals surface area contributed by atoms with Crippen molar-refractivity contribution >= 4 is 12.0 Å². The van der Waals surface area contributed by atoms with Crippen LogP contribution < -0.4 is 10.6 Å². The van der Waals surface area contributed by atoms with Crippen LogP contribution in [0, 0.1) is 19.8 Å². The lowest BCUT2D eigenvalue weighted by atomic mass is 10.0. The first kappa shape index (κ1) is 14.5. The molecule has 0 saturated carbocycles. The van der Waals surface area contributed by atoms with E-state index >= 15 is 0 Å². The number of para-hydroxylation sites is 1. The quantitative estimate of drug-likeness (QED) is 0.772. The van der Waals surface area contributed by atoms with Gasteiger partial charge in [0.15, 0.2) is 5.69 Å². The predicted molar refractivity (Wildman–Crippen MR) is 85.2 cm³/mol. The molecule has 1 atom stereocenters. The fraction of sp³-hybridized carbons (Fsp3) is 0.235. The average Bonchev–Trinajstić information content (AvgIpc) is 3.16. The van der Waals surface area contributed by atoms with Gasteiger partial charge < -0.3 is 4.42 Å². The molecule has 0 aliphatic carbocycles. The summed E-state index contributed by atoms with van der Waals surface area (Å²) in [7, 11) is 0. The predicted octanol–water partition coefficient (Wildman–Crippen LogP) is 0.876. The van der Waals surface area contributed by atoms with E-state index in [4.69, 9.17) is 4.42 Å². The molecule has 24 heavy (non-hydrogen) atoms. The van der Waals surface area contributed by atoms with Gasteiger partial charge in [0.2, 0.25) is 5.89 Å². The van der Waals surface area contributed by atoms with Crippen LogP contribution in [0.5, 0.6) is 0 Å². The summed E-state index contributed by atoms with van der Waals surface area (Å²) < 4.78 is 5.68. The molecule has 1 N–H and O–H groups in total. The number of hydrogen-bond acceptors (Lipinski definition) is 5. The Morgan fingerprint density at radius 3 is 2.83 bits per heavy atom. The van der Waals surface area contributed by atoms with E-state index < -0.39 is 5.92 Å². The molecule has 0 fully saturated rings. The maximum absolute atomic E-state index is 12.2. The molecular weight excluding hydrogens is 306 g/mol. The van der Waals surface area contributed by atoms with Gasteiger partial charge in [0.05, 0.1) is 11.3 Å². The second-order valence-corrected chi connectivity index (χ2v) is 5.81. The lowest BCUT2D eigenvalue weighted by molar-refractivity contribution is -0.120. The van der Waals surface area contributed by atoms with Gasteiger partial charge in [-0.05, 0) is 25.1 Å². The van der Waals surface area contributed by atoms with Crippen LogP contribution in [-0.2, 0) is 11.2 Å². The fourth-order valence-electron chi connectivity index (χ4n) is 2.68. The molecule has 1 aliphatic heterocycles. The van der Waals surface area contributed by atoms with Crippen LogP contribution in [0.4, 0.5) is 0 Å². The van der Waals surface area contributed by atoms with Crippen molar-refractivity contribution < 1.29 is 9.21 Å². The normalized spacial score (nSPS) is 16.4. The molecule has 7 heteroatoms. The highest BCUT2D eigenvalue weighted by Crippen LogP contribution is 2.22. The van der Waals surface area contributed by atoms with E-state index in [-0.39, 0.29) is 5.91 Å². The molecule has 1 aliphatic rings. The van der Waals surface area contributed by atoms with Gasteiger partial charge in [-0.15, -0.1) is 10.2 Å². The van der Waals surface area contributed by atoms with Gasteiger partial charge in [0, 0.05) is 17.7 Å². The molecule has 3 heterocycles. The summed E-state index contributed by atoms with van der Waals surface area (Å²) in [5.41, 5.74) is 2.56. The number of fused-ring (bicyclic) bond motifs is 1. The molecule has 3 aromatic rings. The Morgan fingerprint density at radius 2 is 2.04 bits per heavy atom. The van der Waals surface area contributed by atoms with Crippen LogP contribution in [0.2, 0.25) is 0 Å². The molecule has 0 spiro atoms. The van der Waals surface area contributed by atoms with Crippen LogP contribution in [0.1, 0.15) is 17.1 Å². The Balaban J connectivity index is 1.62. The third-order valence-corrected chi connectivity index (χ3v) is 4.18. The minimum atomic E-state index is -0.393. The third-order valence-electron chi connectivity index (χ3n) is 4.18. The zero-order valence-electron chi connectivity index (χ0n) is 13.3. The number of benzene rings is 1. The van der Waals surface area contributed by atoms with Gasteiger partial charge >= 0.3 is 0 Å². The van der Waals surface area contributed by atoms with E-state index in [1.54, 1.807) is 0 Å². The van der Waals surface area contributed by atoms with Gasteiger partial charge in [-0.3, -0.25) is 9.89 Å². The Labute approximate surface area is 137 Å². The topological polar surface area (TPSA) is 97.0 Å². The van der Waals surface area contributed by atoms with Crippen molar-refractivity contribution in [1.82, 2.24) is 20.4 Å². The van der Waals surface area contributed by atoms with Crippen molar-refractivity contribution in [3.05, 3.63) is 52.0 Å². The van der Waals surface area contributed by atoms with E-state index in [0.29, 0.717) is 29.3 Å². The first-order valence-electron chi connectivity index (χ1n) is 7.65. The van der Waals surface area contributed by atoms with Crippen LogP contribution in [0.15, 0.2) is 33.7 Å². The van der Waals surface area contributed by atoms with Crippen molar-refractivity contribution in [3.63, 3.8) is 0 Å². The molecule has 1 amide bonds. The molecule has 4 rings (SSSR count). The molecule has 1 aromatic carbocycles. The SMILES string of the molecule is Cc1[nH]nc(-c2nnc(CC3C=c4ccccc4=NC3=O)o2)c1C. The van der Waals surface area contributed by atoms with E-state index in [9.17, 15) is 4.79 Å². The lowest BCUT2D eigenvalue weighted by Crippen LogP contribution is -2.34. The van der Waals surface area contributed by atoms with Crippen molar-refractivity contribution in [1.29, 1.82) is 0 Å². The molecule has 0 radical (unpaired) electrons. The fourth-order valence-corrected chi connectivity index (χ4v) is 2.68. The zero-order valence-corrected chi connectivity index (χ0v) is 13.3. The molecule has 1 unspecified atom stereocenters. The summed E-state index contributed by atoms with van der Waals surface area (Å²) in [6.07, 6.45) is 2.23. The average molecular weight is 321 g/mol. The second kappa shape index (κ2) is 5.52. The van der Waals surface area contributed by atoms with Crippen LogP contribution >= 0.6 is 0 Å². The molecule has 120 valence electrons. The minimum absolute atomic E-state index is 0.194. The summed E-state index contributed by atoms with van der Waals surface area (Å²) in [6, 6.07) is 7.55. The van der Waals surface area contributed by atoms with E-state index in [0.717, 1.165) is 16.5 Å². The summed E-state index contributed by atoms with van der Waals surface area (Å²) in [6.45, 7) is 3.87. The van der Waals surface area contributed by atoms with Crippen molar-refractivity contribution in [2.75, 3.05) is 0 Å². The number of aryl methyl sites for hydroxylation is 1. The molecule has 0 saturated heterocycles. The highest BCUT2D eigenvalue weighted by atomic mass is 16.4. The van der Waals surface area contributed by atoms with Gasteiger partial charge in [-0.25, -0.2) is 4.99 Å². The number of carbonyl (C=O) groups excluding carboxylic acids is 1. The second-order valence-electron chi connectivity index (χ2n) is 5.81.